The van der Waals surface area contributed by atoms with Crippen molar-refractivity contribution < 1.29 is 23.7 Å². The van der Waals surface area contributed by atoms with Crippen LogP contribution >= 0.6 is 0 Å². The predicted molar refractivity (Wildman–Crippen MR) is 114 cm³/mol. The van der Waals surface area contributed by atoms with Gasteiger partial charge in [-0.1, -0.05) is 24.0 Å². The fraction of sp³-hybridized carbons (Fsp3) is 0.440. The van der Waals surface area contributed by atoms with E-state index in [1.807, 2.05) is 24.3 Å². The van der Waals surface area contributed by atoms with E-state index in [1.165, 1.54) is 6.07 Å². The number of aliphatic hydroxyl groups excluding tert-OH is 1. The lowest BCUT2D eigenvalue weighted by Crippen LogP contribution is -2.25. The van der Waals surface area contributed by atoms with Crippen molar-refractivity contribution in [1.29, 1.82) is 0 Å². The van der Waals surface area contributed by atoms with Gasteiger partial charge in [0, 0.05) is 30.8 Å². The SMILES string of the molecule is OCCCCCOCc1ccc(C#Cc2ccc(OC3CCCCO3)c(F)c2)cc1. The summed E-state index contributed by atoms with van der Waals surface area (Å²) in [6.07, 6.45) is 5.23. The van der Waals surface area contributed by atoms with E-state index in [9.17, 15) is 4.39 Å². The quantitative estimate of drug-likeness (QED) is 0.474. The first-order valence-electron chi connectivity index (χ1n) is 10.6. The number of unbranched alkanes of at least 4 members (excludes halogenated alkanes) is 2. The van der Waals surface area contributed by atoms with E-state index >= 15 is 0 Å². The predicted octanol–water partition coefficient (Wildman–Crippen LogP) is 4.81. The zero-order chi connectivity index (χ0) is 21.0. The van der Waals surface area contributed by atoms with E-state index in [1.54, 1.807) is 12.1 Å². The highest BCUT2D eigenvalue weighted by Gasteiger charge is 2.17. The molecule has 0 bridgehead atoms. The highest BCUT2D eigenvalue weighted by molar-refractivity contribution is 5.45. The van der Waals surface area contributed by atoms with Gasteiger partial charge in [-0.25, -0.2) is 4.39 Å². The van der Waals surface area contributed by atoms with Gasteiger partial charge in [0.25, 0.3) is 0 Å². The molecule has 0 aliphatic carbocycles. The summed E-state index contributed by atoms with van der Waals surface area (Å²) in [6.45, 7) is 2.15. The fourth-order valence-electron chi connectivity index (χ4n) is 3.13. The summed E-state index contributed by atoms with van der Waals surface area (Å²) in [5, 5.41) is 8.75. The van der Waals surface area contributed by atoms with Crippen molar-refractivity contribution in [3.05, 3.63) is 65.0 Å². The van der Waals surface area contributed by atoms with E-state index < -0.39 is 5.82 Å². The minimum atomic E-state index is -0.428. The van der Waals surface area contributed by atoms with Crippen LogP contribution in [0.5, 0.6) is 5.75 Å². The standard InChI is InChI=1S/C25H29FO4/c26-23-18-21(13-14-24(23)30-25-6-2-5-17-29-25)10-7-20-8-11-22(12-9-20)19-28-16-4-1-3-15-27/h8-9,11-14,18,25,27H,1-6,15-17,19H2. The van der Waals surface area contributed by atoms with Gasteiger partial charge < -0.3 is 19.3 Å². The zero-order valence-corrected chi connectivity index (χ0v) is 17.2. The van der Waals surface area contributed by atoms with Crippen LogP contribution in [-0.2, 0) is 16.1 Å². The highest BCUT2D eigenvalue weighted by atomic mass is 19.1. The van der Waals surface area contributed by atoms with E-state index in [-0.39, 0.29) is 18.6 Å². The first-order chi connectivity index (χ1) is 14.7. The molecule has 1 unspecified atom stereocenters. The average molecular weight is 413 g/mol. The van der Waals surface area contributed by atoms with Gasteiger partial charge in [-0.15, -0.1) is 0 Å². The zero-order valence-electron chi connectivity index (χ0n) is 17.2. The highest BCUT2D eigenvalue weighted by Crippen LogP contribution is 2.23. The largest absolute Gasteiger partial charge is 0.462 e. The summed E-state index contributed by atoms with van der Waals surface area (Å²) in [5.41, 5.74) is 2.54. The van der Waals surface area contributed by atoms with Crippen LogP contribution < -0.4 is 4.74 Å². The van der Waals surface area contributed by atoms with Gasteiger partial charge in [0.15, 0.2) is 17.9 Å². The van der Waals surface area contributed by atoms with Crippen LogP contribution in [0.1, 0.15) is 55.2 Å². The molecule has 2 aromatic rings. The van der Waals surface area contributed by atoms with Crippen molar-refractivity contribution in [2.45, 2.75) is 51.4 Å². The Kier molecular flexibility index (Phi) is 9.17. The molecule has 0 amide bonds. The first kappa shape index (κ1) is 22.3. The maximum Gasteiger partial charge on any atom is 0.199 e. The van der Waals surface area contributed by atoms with Gasteiger partial charge >= 0.3 is 0 Å². The summed E-state index contributed by atoms with van der Waals surface area (Å²) in [7, 11) is 0. The molecule has 0 spiro atoms. The normalized spacial score (nSPS) is 16.0. The molecule has 5 heteroatoms. The molecule has 1 heterocycles. The average Bonchev–Trinajstić information content (AvgIpc) is 2.78. The molecule has 2 aromatic carbocycles. The number of hydrogen-bond donors (Lipinski definition) is 1. The summed E-state index contributed by atoms with van der Waals surface area (Å²) in [5.74, 6) is 5.83. The molecule has 0 aromatic heterocycles. The monoisotopic (exact) mass is 412 g/mol. The van der Waals surface area contributed by atoms with E-state index in [0.717, 1.165) is 49.7 Å². The first-order valence-corrected chi connectivity index (χ1v) is 10.6. The van der Waals surface area contributed by atoms with Crippen LogP contribution in [-0.4, -0.2) is 31.2 Å². The Morgan fingerprint density at radius 3 is 2.53 bits per heavy atom. The van der Waals surface area contributed by atoms with Gasteiger partial charge in [-0.05, 0) is 68.0 Å². The lowest BCUT2D eigenvalue weighted by molar-refractivity contribution is -0.107. The Morgan fingerprint density at radius 1 is 1.00 bits per heavy atom. The molecule has 0 radical (unpaired) electrons. The molecule has 3 rings (SSSR count). The summed E-state index contributed by atoms with van der Waals surface area (Å²) in [4.78, 5) is 0. The number of halogens is 1. The summed E-state index contributed by atoms with van der Waals surface area (Å²) >= 11 is 0. The van der Waals surface area contributed by atoms with Gasteiger partial charge in [0.1, 0.15) is 0 Å². The van der Waals surface area contributed by atoms with Crippen LogP contribution in [0.3, 0.4) is 0 Å². The number of rotatable bonds is 9. The molecular weight excluding hydrogens is 383 g/mol. The third-order valence-electron chi connectivity index (χ3n) is 4.85. The van der Waals surface area contributed by atoms with Gasteiger partial charge in [0.2, 0.25) is 0 Å². The van der Waals surface area contributed by atoms with Crippen LogP contribution in [0.2, 0.25) is 0 Å². The lowest BCUT2D eigenvalue weighted by atomic mass is 10.1. The van der Waals surface area contributed by atoms with E-state index in [2.05, 4.69) is 11.8 Å². The number of ether oxygens (including phenoxy) is 3. The molecule has 1 N–H and O–H groups in total. The van der Waals surface area contributed by atoms with Crippen LogP contribution in [0.4, 0.5) is 4.39 Å². The molecule has 4 nitrogen and oxygen atoms in total. The maximum atomic E-state index is 14.3. The summed E-state index contributed by atoms with van der Waals surface area (Å²) < 4.78 is 31.1. The van der Waals surface area contributed by atoms with Crippen LogP contribution in [0.15, 0.2) is 42.5 Å². The molecule has 1 aliphatic heterocycles. The number of benzene rings is 2. The van der Waals surface area contributed by atoms with Crippen molar-refractivity contribution in [1.82, 2.24) is 0 Å². The Morgan fingerprint density at radius 2 is 1.80 bits per heavy atom. The van der Waals surface area contributed by atoms with E-state index in [0.29, 0.717) is 25.4 Å². The molecule has 1 aliphatic rings. The molecule has 0 saturated carbocycles. The molecule has 1 fully saturated rings. The van der Waals surface area contributed by atoms with Gasteiger partial charge in [-0.2, -0.15) is 0 Å². The second-order valence-corrected chi connectivity index (χ2v) is 7.34. The van der Waals surface area contributed by atoms with Crippen molar-refractivity contribution in [3.63, 3.8) is 0 Å². The number of hydrogen-bond acceptors (Lipinski definition) is 4. The van der Waals surface area contributed by atoms with Crippen molar-refractivity contribution in [2.75, 3.05) is 19.8 Å². The van der Waals surface area contributed by atoms with Crippen molar-refractivity contribution >= 4 is 0 Å². The molecular formula is C25H29FO4. The molecule has 1 atom stereocenters. The minimum absolute atomic E-state index is 0.202. The van der Waals surface area contributed by atoms with Gasteiger partial charge in [0.05, 0.1) is 13.2 Å². The van der Waals surface area contributed by atoms with Crippen LogP contribution in [0, 0.1) is 17.7 Å². The smallest absolute Gasteiger partial charge is 0.199 e. The van der Waals surface area contributed by atoms with Gasteiger partial charge in [-0.3, -0.25) is 0 Å². The second-order valence-electron chi connectivity index (χ2n) is 7.34. The molecule has 160 valence electrons. The topological polar surface area (TPSA) is 47.9 Å². The Bertz CT molecular complexity index is 832. The van der Waals surface area contributed by atoms with Crippen LogP contribution in [0.25, 0.3) is 0 Å². The lowest BCUT2D eigenvalue weighted by Gasteiger charge is -2.23. The Labute approximate surface area is 178 Å². The van der Waals surface area contributed by atoms with E-state index in [4.69, 9.17) is 19.3 Å². The second kappa shape index (κ2) is 12.3. The third kappa shape index (κ3) is 7.46. The maximum absolute atomic E-state index is 14.3. The summed E-state index contributed by atoms with van der Waals surface area (Å²) in [6, 6.07) is 12.6. The third-order valence-corrected chi connectivity index (χ3v) is 4.85. The number of aliphatic hydroxyl groups is 1. The fourth-order valence-corrected chi connectivity index (χ4v) is 3.13. The van der Waals surface area contributed by atoms with Crippen molar-refractivity contribution in [2.24, 2.45) is 0 Å². The molecule has 30 heavy (non-hydrogen) atoms. The molecule has 1 saturated heterocycles. The Balaban J connectivity index is 1.49. The van der Waals surface area contributed by atoms with Crippen molar-refractivity contribution in [3.8, 4) is 17.6 Å². The Hall–Kier alpha value is -2.39. The minimum Gasteiger partial charge on any atom is -0.462 e.